The van der Waals surface area contributed by atoms with Crippen molar-refractivity contribution in [1.29, 1.82) is 5.26 Å². The van der Waals surface area contributed by atoms with E-state index in [4.69, 9.17) is 0 Å². The van der Waals surface area contributed by atoms with Crippen molar-refractivity contribution in [1.82, 2.24) is 4.98 Å². The van der Waals surface area contributed by atoms with Crippen LogP contribution in [0, 0.1) is 18.3 Å². The second-order valence-electron chi connectivity index (χ2n) is 5.14. The molecule has 0 fully saturated rings. The number of hydrogen-bond acceptors (Lipinski definition) is 3. The number of anilines is 1. The lowest BCUT2D eigenvalue weighted by Crippen LogP contribution is -2.31. The van der Waals surface area contributed by atoms with E-state index in [0.29, 0.717) is 5.56 Å². The smallest absolute Gasteiger partial charge is 0.147 e. The zero-order valence-electron chi connectivity index (χ0n) is 12.2. The molecule has 0 saturated heterocycles. The van der Waals surface area contributed by atoms with Gasteiger partial charge in [-0.25, -0.2) is 4.98 Å². The van der Waals surface area contributed by atoms with Gasteiger partial charge in [-0.3, -0.25) is 0 Å². The second kappa shape index (κ2) is 6.21. The normalized spacial score (nSPS) is 10.3. The van der Waals surface area contributed by atoms with Gasteiger partial charge < -0.3 is 4.90 Å². The highest BCUT2D eigenvalue weighted by Gasteiger charge is 2.16. The third-order valence-corrected chi connectivity index (χ3v) is 3.23. The zero-order valence-corrected chi connectivity index (χ0v) is 12.2. The molecular weight excluding hydrogens is 246 g/mol. The summed E-state index contributed by atoms with van der Waals surface area (Å²) in [6.07, 6.45) is 0. The SMILES string of the molecule is Cc1ccc(C#N)c(N(Cc2ccccc2)C(C)C)n1. The molecule has 0 unspecified atom stereocenters. The molecule has 1 aromatic carbocycles. The minimum absolute atomic E-state index is 0.275. The van der Waals surface area contributed by atoms with Gasteiger partial charge in [-0.15, -0.1) is 0 Å². The molecule has 3 nitrogen and oxygen atoms in total. The van der Waals surface area contributed by atoms with Gasteiger partial charge >= 0.3 is 0 Å². The minimum atomic E-state index is 0.275. The first-order valence-electron chi connectivity index (χ1n) is 6.80. The summed E-state index contributed by atoms with van der Waals surface area (Å²) in [4.78, 5) is 6.73. The zero-order chi connectivity index (χ0) is 14.5. The molecule has 0 atom stereocenters. The first kappa shape index (κ1) is 14.1. The fourth-order valence-corrected chi connectivity index (χ4v) is 2.13. The van der Waals surface area contributed by atoms with Crippen LogP contribution in [-0.4, -0.2) is 11.0 Å². The number of aryl methyl sites for hydroxylation is 1. The predicted molar refractivity (Wildman–Crippen MR) is 81.5 cm³/mol. The van der Waals surface area contributed by atoms with Crippen LogP contribution in [-0.2, 0) is 6.54 Å². The summed E-state index contributed by atoms with van der Waals surface area (Å²) in [6.45, 7) is 6.94. The topological polar surface area (TPSA) is 39.9 Å². The van der Waals surface area contributed by atoms with Crippen LogP contribution in [0.4, 0.5) is 5.82 Å². The third kappa shape index (κ3) is 3.16. The van der Waals surface area contributed by atoms with Crippen molar-refractivity contribution >= 4 is 5.82 Å². The number of nitriles is 1. The van der Waals surface area contributed by atoms with Gasteiger partial charge in [0.2, 0.25) is 0 Å². The Balaban J connectivity index is 2.39. The highest BCUT2D eigenvalue weighted by Crippen LogP contribution is 2.22. The summed E-state index contributed by atoms with van der Waals surface area (Å²) in [5, 5.41) is 9.29. The fourth-order valence-electron chi connectivity index (χ4n) is 2.13. The summed E-state index contributed by atoms with van der Waals surface area (Å²) in [7, 11) is 0. The van der Waals surface area contributed by atoms with Crippen LogP contribution in [0.1, 0.15) is 30.7 Å². The number of benzene rings is 1. The molecule has 0 bridgehead atoms. The van der Waals surface area contributed by atoms with Gasteiger partial charge in [-0.05, 0) is 38.5 Å². The van der Waals surface area contributed by atoms with E-state index in [0.717, 1.165) is 18.1 Å². The first-order chi connectivity index (χ1) is 9.61. The van der Waals surface area contributed by atoms with E-state index in [1.54, 1.807) is 0 Å². The molecule has 20 heavy (non-hydrogen) atoms. The Morgan fingerprint density at radius 1 is 1.15 bits per heavy atom. The number of nitrogens with zero attached hydrogens (tertiary/aromatic N) is 3. The number of rotatable bonds is 4. The Kier molecular flexibility index (Phi) is 4.37. The van der Waals surface area contributed by atoms with Crippen molar-refractivity contribution in [2.75, 3.05) is 4.90 Å². The Bertz CT molecular complexity index is 612. The van der Waals surface area contributed by atoms with Crippen LogP contribution >= 0.6 is 0 Å². The molecule has 0 aliphatic heterocycles. The van der Waals surface area contributed by atoms with Gasteiger partial charge in [0.05, 0.1) is 5.56 Å². The Morgan fingerprint density at radius 3 is 2.45 bits per heavy atom. The maximum Gasteiger partial charge on any atom is 0.147 e. The maximum absolute atomic E-state index is 9.29. The highest BCUT2D eigenvalue weighted by molar-refractivity contribution is 5.55. The monoisotopic (exact) mass is 265 g/mol. The summed E-state index contributed by atoms with van der Waals surface area (Å²) in [6, 6.07) is 16.5. The van der Waals surface area contributed by atoms with Gasteiger partial charge in [0.1, 0.15) is 11.9 Å². The van der Waals surface area contributed by atoms with Gasteiger partial charge in [-0.2, -0.15) is 5.26 Å². The molecule has 2 rings (SSSR count). The molecule has 2 aromatic rings. The summed E-state index contributed by atoms with van der Waals surface area (Å²) in [5.41, 5.74) is 2.77. The minimum Gasteiger partial charge on any atom is -0.349 e. The first-order valence-corrected chi connectivity index (χ1v) is 6.80. The van der Waals surface area contributed by atoms with Gasteiger partial charge in [0, 0.05) is 18.3 Å². The molecule has 0 N–H and O–H groups in total. The lowest BCUT2D eigenvalue weighted by atomic mass is 10.1. The van der Waals surface area contributed by atoms with E-state index in [2.05, 4.69) is 41.9 Å². The van der Waals surface area contributed by atoms with Crippen LogP contribution in [0.15, 0.2) is 42.5 Å². The predicted octanol–water partition coefficient (Wildman–Crippen LogP) is 3.68. The van der Waals surface area contributed by atoms with Crippen LogP contribution in [0.2, 0.25) is 0 Å². The summed E-state index contributed by atoms with van der Waals surface area (Å²) >= 11 is 0. The Morgan fingerprint density at radius 2 is 1.85 bits per heavy atom. The fraction of sp³-hybridized carbons (Fsp3) is 0.294. The van der Waals surface area contributed by atoms with E-state index in [9.17, 15) is 5.26 Å². The molecule has 0 aliphatic carbocycles. The van der Waals surface area contributed by atoms with E-state index in [1.807, 2.05) is 37.3 Å². The van der Waals surface area contributed by atoms with E-state index in [-0.39, 0.29) is 6.04 Å². The molecular formula is C17H19N3. The average molecular weight is 265 g/mol. The molecule has 1 aromatic heterocycles. The second-order valence-corrected chi connectivity index (χ2v) is 5.14. The van der Waals surface area contributed by atoms with E-state index in [1.165, 1.54) is 5.56 Å². The lowest BCUT2D eigenvalue weighted by molar-refractivity contribution is 0.670. The number of aromatic nitrogens is 1. The lowest BCUT2D eigenvalue weighted by Gasteiger charge is -2.29. The number of hydrogen-bond donors (Lipinski definition) is 0. The number of pyridine rings is 1. The van der Waals surface area contributed by atoms with Crippen molar-refractivity contribution < 1.29 is 0 Å². The van der Waals surface area contributed by atoms with Crippen molar-refractivity contribution in [2.45, 2.75) is 33.4 Å². The molecule has 3 heteroatoms. The quantitative estimate of drug-likeness (QED) is 0.846. The molecule has 1 heterocycles. The van der Waals surface area contributed by atoms with Gasteiger partial charge in [0.15, 0.2) is 0 Å². The maximum atomic E-state index is 9.29. The van der Waals surface area contributed by atoms with Crippen LogP contribution in [0.5, 0.6) is 0 Å². The summed E-state index contributed by atoms with van der Waals surface area (Å²) in [5.74, 6) is 0.770. The van der Waals surface area contributed by atoms with Crippen molar-refractivity contribution in [3.05, 3.63) is 59.3 Å². The Labute approximate surface area is 120 Å². The highest BCUT2D eigenvalue weighted by atomic mass is 15.2. The van der Waals surface area contributed by atoms with Gasteiger partial charge in [0.25, 0.3) is 0 Å². The van der Waals surface area contributed by atoms with Crippen molar-refractivity contribution in [3.8, 4) is 6.07 Å². The molecule has 0 radical (unpaired) electrons. The molecule has 0 spiro atoms. The van der Waals surface area contributed by atoms with E-state index < -0.39 is 0 Å². The van der Waals surface area contributed by atoms with Crippen LogP contribution in [0.3, 0.4) is 0 Å². The van der Waals surface area contributed by atoms with Crippen LogP contribution in [0.25, 0.3) is 0 Å². The summed E-state index contributed by atoms with van der Waals surface area (Å²) < 4.78 is 0. The molecule has 102 valence electrons. The van der Waals surface area contributed by atoms with Gasteiger partial charge in [-0.1, -0.05) is 30.3 Å². The van der Waals surface area contributed by atoms with E-state index >= 15 is 0 Å². The Hall–Kier alpha value is -2.34. The third-order valence-electron chi connectivity index (χ3n) is 3.23. The van der Waals surface area contributed by atoms with Crippen molar-refractivity contribution in [2.24, 2.45) is 0 Å². The average Bonchev–Trinajstić information content (AvgIpc) is 2.45. The van der Waals surface area contributed by atoms with Crippen molar-refractivity contribution in [3.63, 3.8) is 0 Å². The van der Waals surface area contributed by atoms with Crippen LogP contribution < -0.4 is 4.90 Å². The molecule has 0 amide bonds. The molecule has 0 aliphatic rings. The standard InChI is InChI=1S/C17H19N3/c1-13(2)20(12-15-7-5-4-6-8-15)17-16(11-18)10-9-14(3)19-17/h4-10,13H,12H2,1-3H3. The molecule has 0 saturated carbocycles. The largest absolute Gasteiger partial charge is 0.349 e.